The molecule has 0 spiro atoms. The van der Waals surface area contributed by atoms with Crippen molar-refractivity contribution in [3.8, 4) is 0 Å². The fraction of sp³-hybridized carbons (Fsp3) is 0.385. The molecule has 0 aliphatic carbocycles. The van der Waals surface area contributed by atoms with Crippen molar-refractivity contribution in [3.05, 3.63) is 30.1 Å². The van der Waals surface area contributed by atoms with Crippen molar-refractivity contribution in [2.75, 3.05) is 20.1 Å². The van der Waals surface area contributed by atoms with Crippen molar-refractivity contribution in [2.45, 2.75) is 12.8 Å². The van der Waals surface area contributed by atoms with Crippen LogP contribution in [0.25, 0.3) is 11.0 Å². The summed E-state index contributed by atoms with van der Waals surface area (Å²) in [5.41, 5.74) is 3.20. The van der Waals surface area contributed by atoms with E-state index in [1.807, 2.05) is 19.2 Å². The summed E-state index contributed by atoms with van der Waals surface area (Å²) in [6.07, 6.45) is 3.05. The first-order valence-corrected chi connectivity index (χ1v) is 6.13. The molecule has 0 aliphatic heterocycles. The molecule has 18 heavy (non-hydrogen) atoms. The van der Waals surface area contributed by atoms with E-state index in [9.17, 15) is 4.79 Å². The largest absolute Gasteiger partial charge is 0.356 e. The molecule has 5 heteroatoms. The minimum Gasteiger partial charge on any atom is -0.356 e. The van der Waals surface area contributed by atoms with Gasteiger partial charge in [-0.1, -0.05) is 6.07 Å². The van der Waals surface area contributed by atoms with Crippen LogP contribution in [0.15, 0.2) is 24.5 Å². The van der Waals surface area contributed by atoms with Crippen molar-refractivity contribution in [2.24, 2.45) is 0 Å². The molecule has 1 heterocycles. The summed E-state index contributed by atoms with van der Waals surface area (Å²) < 4.78 is 0. The number of hydrogen-bond donors (Lipinski definition) is 3. The highest BCUT2D eigenvalue weighted by atomic mass is 16.1. The lowest BCUT2D eigenvalue weighted by atomic mass is 10.1. The van der Waals surface area contributed by atoms with Crippen molar-refractivity contribution < 1.29 is 4.79 Å². The van der Waals surface area contributed by atoms with Gasteiger partial charge in [0.1, 0.15) is 0 Å². The summed E-state index contributed by atoms with van der Waals surface area (Å²) in [7, 11) is 1.84. The number of aromatic nitrogens is 2. The highest BCUT2D eigenvalue weighted by molar-refractivity contribution is 5.76. The number of H-pyrrole nitrogens is 1. The predicted molar refractivity (Wildman–Crippen MR) is 71.4 cm³/mol. The summed E-state index contributed by atoms with van der Waals surface area (Å²) in [6, 6.07) is 6.11. The van der Waals surface area contributed by atoms with Gasteiger partial charge >= 0.3 is 0 Å². The number of nitrogens with zero attached hydrogens (tertiary/aromatic N) is 1. The first-order valence-electron chi connectivity index (χ1n) is 6.13. The standard InChI is InChI=1S/C13H18N4O/c1-14-6-5-13(18)15-7-4-10-2-3-11-12(8-10)17-9-16-11/h2-3,8-9,14H,4-7H2,1H3,(H,15,18)(H,16,17). The van der Waals surface area contributed by atoms with Crippen LogP contribution in [0.2, 0.25) is 0 Å². The molecule has 5 nitrogen and oxygen atoms in total. The van der Waals surface area contributed by atoms with Crippen LogP contribution in [-0.2, 0) is 11.2 Å². The maximum atomic E-state index is 11.4. The lowest BCUT2D eigenvalue weighted by Crippen LogP contribution is -2.28. The average Bonchev–Trinajstić information content (AvgIpc) is 2.83. The van der Waals surface area contributed by atoms with Gasteiger partial charge in [-0.15, -0.1) is 0 Å². The van der Waals surface area contributed by atoms with E-state index in [0.29, 0.717) is 19.5 Å². The molecule has 0 atom stereocenters. The number of nitrogens with one attached hydrogen (secondary N) is 3. The van der Waals surface area contributed by atoms with E-state index in [2.05, 4.69) is 26.7 Å². The zero-order valence-electron chi connectivity index (χ0n) is 10.5. The molecule has 0 saturated carbocycles. The minimum atomic E-state index is 0.0898. The number of hydrogen-bond acceptors (Lipinski definition) is 3. The van der Waals surface area contributed by atoms with E-state index in [1.54, 1.807) is 6.33 Å². The van der Waals surface area contributed by atoms with Gasteiger partial charge in [-0.3, -0.25) is 4.79 Å². The fourth-order valence-electron chi connectivity index (χ4n) is 1.81. The van der Waals surface area contributed by atoms with E-state index in [-0.39, 0.29) is 5.91 Å². The van der Waals surface area contributed by atoms with Crippen molar-refractivity contribution in [1.82, 2.24) is 20.6 Å². The summed E-state index contributed by atoms with van der Waals surface area (Å²) >= 11 is 0. The van der Waals surface area contributed by atoms with Crippen LogP contribution >= 0.6 is 0 Å². The van der Waals surface area contributed by atoms with Gasteiger partial charge in [-0.25, -0.2) is 4.98 Å². The highest BCUT2D eigenvalue weighted by Crippen LogP contribution is 2.11. The van der Waals surface area contributed by atoms with Crippen LogP contribution in [0.5, 0.6) is 0 Å². The number of fused-ring (bicyclic) bond motifs is 1. The number of carbonyl (C=O) groups excluding carboxylic acids is 1. The van der Waals surface area contributed by atoms with Crippen LogP contribution < -0.4 is 10.6 Å². The number of rotatable bonds is 6. The number of carbonyl (C=O) groups is 1. The summed E-state index contributed by atoms with van der Waals surface area (Å²) in [6.45, 7) is 1.38. The molecular formula is C13H18N4O. The van der Waals surface area contributed by atoms with E-state index in [0.717, 1.165) is 17.5 Å². The number of aromatic amines is 1. The molecule has 0 bridgehead atoms. The second-order valence-corrected chi connectivity index (χ2v) is 4.21. The predicted octanol–water partition coefficient (Wildman–Crippen LogP) is 0.831. The normalized spacial score (nSPS) is 10.7. The maximum Gasteiger partial charge on any atom is 0.221 e. The van der Waals surface area contributed by atoms with E-state index in [1.165, 1.54) is 5.56 Å². The molecule has 1 aromatic heterocycles. The monoisotopic (exact) mass is 246 g/mol. The zero-order chi connectivity index (χ0) is 12.8. The van der Waals surface area contributed by atoms with Gasteiger partial charge in [0.25, 0.3) is 0 Å². The second-order valence-electron chi connectivity index (χ2n) is 4.21. The molecule has 2 rings (SSSR count). The minimum absolute atomic E-state index is 0.0898. The van der Waals surface area contributed by atoms with Crippen LogP contribution in [-0.4, -0.2) is 36.0 Å². The smallest absolute Gasteiger partial charge is 0.221 e. The third-order valence-corrected chi connectivity index (χ3v) is 2.82. The summed E-state index contributed by atoms with van der Waals surface area (Å²) in [4.78, 5) is 18.6. The Kier molecular flexibility index (Phi) is 4.30. The van der Waals surface area contributed by atoms with E-state index < -0.39 is 0 Å². The van der Waals surface area contributed by atoms with E-state index >= 15 is 0 Å². The van der Waals surface area contributed by atoms with Crippen LogP contribution in [0.4, 0.5) is 0 Å². The van der Waals surface area contributed by atoms with Gasteiger partial charge in [0.2, 0.25) is 5.91 Å². The second kappa shape index (κ2) is 6.16. The van der Waals surface area contributed by atoms with Crippen molar-refractivity contribution in [3.63, 3.8) is 0 Å². The molecule has 96 valence electrons. The Labute approximate surface area is 106 Å². The topological polar surface area (TPSA) is 69.8 Å². The Balaban J connectivity index is 1.81. The molecule has 0 unspecified atom stereocenters. The van der Waals surface area contributed by atoms with Gasteiger partial charge in [0.05, 0.1) is 17.4 Å². The Morgan fingerprint density at radius 1 is 1.39 bits per heavy atom. The van der Waals surface area contributed by atoms with E-state index in [4.69, 9.17) is 0 Å². The Hall–Kier alpha value is -1.88. The number of benzene rings is 1. The van der Waals surface area contributed by atoms with Crippen LogP contribution in [0, 0.1) is 0 Å². The number of imidazole rings is 1. The Morgan fingerprint density at radius 2 is 2.28 bits per heavy atom. The Bertz CT molecular complexity index is 520. The lowest BCUT2D eigenvalue weighted by molar-refractivity contribution is -0.120. The third kappa shape index (κ3) is 3.30. The number of amides is 1. The van der Waals surface area contributed by atoms with Gasteiger partial charge in [0.15, 0.2) is 0 Å². The van der Waals surface area contributed by atoms with Gasteiger partial charge in [-0.05, 0) is 31.2 Å². The van der Waals surface area contributed by atoms with Crippen molar-refractivity contribution >= 4 is 16.9 Å². The first-order chi connectivity index (χ1) is 8.79. The molecule has 0 fully saturated rings. The van der Waals surface area contributed by atoms with Gasteiger partial charge in [-0.2, -0.15) is 0 Å². The lowest BCUT2D eigenvalue weighted by Gasteiger charge is -2.05. The summed E-state index contributed by atoms with van der Waals surface area (Å²) in [5, 5.41) is 5.86. The van der Waals surface area contributed by atoms with Gasteiger partial charge < -0.3 is 15.6 Å². The SMILES string of the molecule is CNCCC(=O)NCCc1ccc2nc[nH]c2c1. The Morgan fingerprint density at radius 3 is 3.11 bits per heavy atom. The highest BCUT2D eigenvalue weighted by Gasteiger charge is 2.01. The molecule has 0 saturated heterocycles. The molecule has 0 aliphatic rings. The third-order valence-electron chi connectivity index (χ3n) is 2.82. The molecule has 2 aromatic rings. The van der Waals surface area contributed by atoms with Crippen LogP contribution in [0.3, 0.4) is 0 Å². The molecule has 1 amide bonds. The van der Waals surface area contributed by atoms with Crippen molar-refractivity contribution in [1.29, 1.82) is 0 Å². The fourth-order valence-corrected chi connectivity index (χ4v) is 1.81. The van der Waals surface area contributed by atoms with Crippen LogP contribution in [0.1, 0.15) is 12.0 Å². The zero-order valence-corrected chi connectivity index (χ0v) is 10.5. The first kappa shape index (κ1) is 12.6. The summed E-state index contributed by atoms with van der Waals surface area (Å²) in [5.74, 6) is 0.0898. The maximum absolute atomic E-state index is 11.4. The molecule has 1 aromatic carbocycles. The van der Waals surface area contributed by atoms with Gasteiger partial charge in [0, 0.05) is 19.5 Å². The molecule has 3 N–H and O–H groups in total. The quantitative estimate of drug-likeness (QED) is 0.707. The molecular weight excluding hydrogens is 228 g/mol. The molecule has 0 radical (unpaired) electrons. The average molecular weight is 246 g/mol.